The van der Waals surface area contributed by atoms with Crippen LogP contribution in [0, 0.1) is 0 Å². The Bertz CT molecular complexity index is 776. The molecule has 0 bridgehead atoms. The van der Waals surface area contributed by atoms with Crippen LogP contribution in [-0.4, -0.2) is 22.2 Å². The first-order valence-corrected chi connectivity index (χ1v) is 10.7. The first-order valence-electron chi connectivity index (χ1n) is 10.7. The smallest absolute Gasteiger partial charge is 0.287 e. The Morgan fingerprint density at radius 2 is 1.74 bits per heavy atom. The van der Waals surface area contributed by atoms with Gasteiger partial charge in [0, 0.05) is 5.56 Å². The largest absolute Gasteiger partial charge is 0.480 e. The molecular formula is C23H29NO3. The fourth-order valence-electron chi connectivity index (χ4n) is 5.46. The second-order valence-corrected chi connectivity index (χ2v) is 8.57. The topological polar surface area (TPSA) is 51.0 Å². The number of hydrogen-bond acceptors (Lipinski definition) is 4. The van der Waals surface area contributed by atoms with Gasteiger partial charge in [0.05, 0.1) is 5.71 Å². The van der Waals surface area contributed by atoms with Gasteiger partial charge in [0.15, 0.2) is 5.60 Å². The minimum Gasteiger partial charge on any atom is -0.480 e. The first kappa shape index (κ1) is 17.3. The van der Waals surface area contributed by atoms with Gasteiger partial charge in [-0.05, 0) is 63.0 Å². The van der Waals surface area contributed by atoms with Gasteiger partial charge in [-0.2, -0.15) is 0 Å². The summed E-state index contributed by atoms with van der Waals surface area (Å²) >= 11 is 0. The van der Waals surface area contributed by atoms with E-state index in [0.29, 0.717) is 0 Å². The number of ether oxygens (including phenoxy) is 1. The minimum absolute atomic E-state index is 0.259. The summed E-state index contributed by atoms with van der Waals surface area (Å²) in [6.45, 7) is 0. The van der Waals surface area contributed by atoms with Crippen LogP contribution in [0.4, 0.5) is 0 Å². The summed E-state index contributed by atoms with van der Waals surface area (Å²) in [7, 11) is 0. The van der Waals surface area contributed by atoms with Crippen molar-refractivity contribution in [2.24, 2.45) is 5.16 Å². The Morgan fingerprint density at radius 1 is 0.963 bits per heavy atom. The monoisotopic (exact) mass is 367 g/mol. The number of oxime groups is 1. The van der Waals surface area contributed by atoms with Crippen LogP contribution in [0.25, 0.3) is 0 Å². The Hall–Kier alpha value is -1.81. The highest BCUT2D eigenvalue weighted by atomic mass is 16.8. The van der Waals surface area contributed by atoms with E-state index in [0.717, 1.165) is 55.5 Å². The fraction of sp³-hybridized carbons (Fsp3) is 0.609. The summed E-state index contributed by atoms with van der Waals surface area (Å²) in [4.78, 5) is 5.93. The maximum Gasteiger partial charge on any atom is 0.287 e. The SMILES string of the molecule is OC12ON=C(C3=CCCCCC3)C1c1ccccc1OC21CCCCCC1. The van der Waals surface area contributed by atoms with Crippen molar-refractivity contribution in [3.8, 4) is 5.75 Å². The molecule has 2 unspecified atom stereocenters. The lowest BCUT2D eigenvalue weighted by molar-refractivity contribution is -0.295. The van der Waals surface area contributed by atoms with Gasteiger partial charge in [-0.3, -0.25) is 0 Å². The summed E-state index contributed by atoms with van der Waals surface area (Å²) < 4.78 is 6.55. The fourth-order valence-corrected chi connectivity index (χ4v) is 5.46. The molecule has 1 saturated carbocycles. The molecule has 144 valence electrons. The molecule has 2 aliphatic heterocycles. The van der Waals surface area contributed by atoms with Crippen LogP contribution in [0.1, 0.15) is 82.1 Å². The molecule has 4 heteroatoms. The van der Waals surface area contributed by atoms with Crippen LogP contribution in [-0.2, 0) is 4.84 Å². The number of benzene rings is 1. The van der Waals surface area contributed by atoms with Crippen molar-refractivity contribution in [3.63, 3.8) is 0 Å². The number of para-hydroxylation sites is 1. The molecule has 5 rings (SSSR count). The van der Waals surface area contributed by atoms with E-state index < -0.39 is 11.4 Å². The molecule has 2 aliphatic carbocycles. The van der Waals surface area contributed by atoms with Crippen LogP contribution in [0.5, 0.6) is 5.75 Å². The van der Waals surface area contributed by atoms with Crippen molar-refractivity contribution >= 4 is 5.71 Å². The third kappa shape index (κ3) is 2.64. The van der Waals surface area contributed by atoms with Crippen molar-refractivity contribution in [2.45, 2.75) is 87.9 Å². The van der Waals surface area contributed by atoms with E-state index in [1.54, 1.807) is 0 Å². The molecular weight excluding hydrogens is 338 g/mol. The van der Waals surface area contributed by atoms with E-state index in [1.165, 1.54) is 37.7 Å². The predicted molar refractivity (Wildman–Crippen MR) is 105 cm³/mol. The molecule has 1 aromatic rings. The maximum absolute atomic E-state index is 11.9. The standard InChI is InChI=1S/C23H29NO3/c25-23-20(21(24-27-23)17-11-5-1-2-6-12-17)18-13-7-8-14-19(18)26-22(23)15-9-3-4-10-16-22/h7-8,11,13-14,20,25H,1-6,9-10,12,15-16H2. The van der Waals surface area contributed by atoms with E-state index in [2.05, 4.69) is 17.3 Å². The zero-order valence-corrected chi connectivity index (χ0v) is 16.0. The summed E-state index contributed by atoms with van der Waals surface area (Å²) in [6, 6.07) is 8.14. The number of allylic oxidation sites excluding steroid dienone is 2. The molecule has 4 nitrogen and oxygen atoms in total. The van der Waals surface area contributed by atoms with E-state index in [1.807, 2.05) is 18.2 Å². The third-order valence-corrected chi connectivity index (χ3v) is 6.92. The average Bonchev–Trinajstić information content (AvgIpc) is 2.90. The quantitative estimate of drug-likeness (QED) is 0.740. The molecule has 0 saturated heterocycles. The summed E-state index contributed by atoms with van der Waals surface area (Å²) in [6.07, 6.45) is 14.2. The number of hydrogen-bond donors (Lipinski definition) is 1. The molecule has 0 radical (unpaired) electrons. The predicted octanol–water partition coefficient (Wildman–Crippen LogP) is 5.22. The zero-order valence-electron chi connectivity index (χ0n) is 16.0. The lowest BCUT2D eigenvalue weighted by Gasteiger charge is -2.49. The highest BCUT2D eigenvalue weighted by Gasteiger charge is 2.67. The van der Waals surface area contributed by atoms with E-state index >= 15 is 0 Å². The number of rotatable bonds is 1. The van der Waals surface area contributed by atoms with Crippen LogP contribution < -0.4 is 4.74 Å². The third-order valence-electron chi connectivity index (χ3n) is 6.92. The van der Waals surface area contributed by atoms with Crippen LogP contribution in [0.15, 0.2) is 41.1 Å². The van der Waals surface area contributed by atoms with E-state index in [-0.39, 0.29) is 5.92 Å². The molecule has 27 heavy (non-hydrogen) atoms. The summed E-state index contributed by atoms with van der Waals surface area (Å²) in [5.74, 6) is -0.778. The van der Waals surface area contributed by atoms with Crippen molar-refractivity contribution in [3.05, 3.63) is 41.5 Å². The lowest BCUT2D eigenvalue weighted by Crippen LogP contribution is -2.63. The lowest BCUT2D eigenvalue weighted by atomic mass is 9.70. The minimum atomic E-state index is -1.41. The van der Waals surface area contributed by atoms with Crippen molar-refractivity contribution in [1.82, 2.24) is 0 Å². The van der Waals surface area contributed by atoms with Crippen LogP contribution >= 0.6 is 0 Å². The molecule has 4 aliphatic rings. The Balaban J connectivity index is 1.62. The number of aliphatic hydroxyl groups is 1. The van der Waals surface area contributed by atoms with Crippen molar-refractivity contribution in [1.29, 1.82) is 0 Å². The van der Waals surface area contributed by atoms with Gasteiger partial charge in [0.25, 0.3) is 5.79 Å². The second kappa shape index (κ2) is 6.66. The highest BCUT2D eigenvalue weighted by molar-refractivity contribution is 6.06. The van der Waals surface area contributed by atoms with Crippen molar-refractivity contribution < 1.29 is 14.7 Å². The van der Waals surface area contributed by atoms with Gasteiger partial charge in [-0.1, -0.05) is 48.7 Å². The molecule has 1 spiro atoms. The van der Waals surface area contributed by atoms with Gasteiger partial charge in [0.1, 0.15) is 11.7 Å². The number of nitrogens with zero attached hydrogens (tertiary/aromatic N) is 1. The first-order chi connectivity index (χ1) is 13.2. The summed E-state index contributed by atoms with van der Waals surface area (Å²) in [5, 5.41) is 16.5. The zero-order chi connectivity index (χ0) is 18.3. The molecule has 0 aromatic heterocycles. The van der Waals surface area contributed by atoms with Crippen molar-refractivity contribution in [2.75, 3.05) is 0 Å². The normalized spacial score (nSPS) is 32.1. The van der Waals surface area contributed by atoms with Gasteiger partial charge >= 0.3 is 0 Å². The Morgan fingerprint density at radius 3 is 2.59 bits per heavy atom. The Labute approximate surface area is 161 Å². The van der Waals surface area contributed by atoms with Crippen LogP contribution in [0.3, 0.4) is 0 Å². The van der Waals surface area contributed by atoms with Crippen LogP contribution in [0.2, 0.25) is 0 Å². The molecule has 2 heterocycles. The van der Waals surface area contributed by atoms with Gasteiger partial charge in [-0.15, -0.1) is 0 Å². The molecule has 0 amide bonds. The van der Waals surface area contributed by atoms with Gasteiger partial charge < -0.3 is 14.7 Å². The number of fused-ring (bicyclic) bond motifs is 4. The van der Waals surface area contributed by atoms with Gasteiger partial charge in [0.2, 0.25) is 0 Å². The second-order valence-electron chi connectivity index (χ2n) is 8.57. The molecule has 1 fully saturated rings. The summed E-state index contributed by atoms with van der Waals surface area (Å²) in [5.41, 5.74) is 2.49. The molecule has 1 aromatic carbocycles. The van der Waals surface area contributed by atoms with E-state index in [9.17, 15) is 5.11 Å². The van der Waals surface area contributed by atoms with E-state index in [4.69, 9.17) is 9.57 Å². The molecule has 1 N–H and O–H groups in total. The average molecular weight is 367 g/mol. The van der Waals surface area contributed by atoms with Gasteiger partial charge in [-0.25, -0.2) is 0 Å². The maximum atomic E-state index is 11.9. The molecule has 2 atom stereocenters. The Kier molecular flexibility index (Phi) is 4.27. The highest BCUT2D eigenvalue weighted by Crippen LogP contribution is 2.56.